The molecule has 10 nitrogen and oxygen atoms in total. The molecule has 192 valence electrons. The van der Waals surface area contributed by atoms with Gasteiger partial charge in [-0.15, -0.1) is 10.2 Å². The monoisotopic (exact) mass is 550 g/mol. The van der Waals surface area contributed by atoms with Gasteiger partial charge in [0.05, 0.1) is 10.9 Å². The van der Waals surface area contributed by atoms with Crippen molar-refractivity contribution < 1.29 is 23.1 Å². The highest BCUT2D eigenvalue weighted by Gasteiger charge is 2.27. The number of nitrogens with zero attached hydrogens (tertiary/aromatic N) is 2. The van der Waals surface area contributed by atoms with Gasteiger partial charge < -0.3 is 15.2 Å². The number of carboxylic acid groups (broad SMARTS) is 1. The summed E-state index contributed by atoms with van der Waals surface area (Å²) in [4.78, 5) is 24.6. The number of carboxylic acids is 1. The molecule has 1 heterocycles. The van der Waals surface area contributed by atoms with E-state index in [0.29, 0.717) is 10.2 Å². The van der Waals surface area contributed by atoms with Gasteiger partial charge in [0.15, 0.2) is 0 Å². The van der Waals surface area contributed by atoms with Crippen LogP contribution in [-0.2, 0) is 14.8 Å². The van der Waals surface area contributed by atoms with Gasteiger partial charge in [-0.3, -0.25) is 14.8 Å². The van der Waals surface area contributed by atoms with E-state index in [1.54, 1.807) is 13.8 Å². The van der Waals surface area contributed by atoms with Crippen LogP contribution < -0.4 is 20.5 Å². The van der Waals surface area contributed by atoms with Crippen LogP contribution >= 0.6 is 22.9 Å². The molecule has 1 aromatic heterocycles. The quantitative estimate of drug-likeness (QED) is 0.346. The van der Waals surface area contributed by atoms with Gasteiger partial charge in [0, 0.05) is 27.9 Å². The Labute approximate surface area is 218 Å². The highest BCUT2D eigenvalue weighted by molar-refractivity contribution is 7.92. The lowest BCUT2D eigenvalue weighted by Gasteiger charge is -2.25. The van der Waals surface area contributed by atoms with Gasteiger partial charge in [0.2, 0.25) is 11.0 Å². The van der Waals surface area contributed by atoms with Crippen molar-refractivity contribution in [3.8, 4) is 0 Å². The topological polar surface area (TPSA) is 153 Å². The number of carbonyl (C=O) groups is 2. The van der Waals surface area contributed by atoms with E-state index in [2.05, 4.69) is 25.6 Å². The third-order valence-corrected chi connectivity index (χ3v) is 7.86. The number of hydrogen-bond acceptors (Lipinski definition) is 9. The van der Waals surface area contributed by atoms with Gasteiger partial charge in [-0.2, -0.15) is 0 Å². The van der Waals surface area contributed by atoms with Crippen LogP contribution in [0.5, 0.6) is 0 Å². The molecule has 1 atom stereocenters. The first kappa shape index (κ1) is 27.4. The molecular weight excluding hydrogens is 526 g/mol. The van der Waals surface area contributed by atoms with Gasteiger partial charge in [-0.25, -0.2) is 8.42 Å². The molecule has 0 spiro atoms. The lowest BCUT2D eigenvalue weighted by molar-refractivity contribution is -0.255. The van der Waals surface area contributed by atoms with E-state index < -0.39 is 38.4 Å². The van der Waals surface area contributed by atoms with Gasteiger partial charge in [-0.05, 0) is 42.3 Å². The molecule has 0 radical (unpaired) electrons. The van der Waals surface area contributed by atoms with Crippen molar-refractivity contribution in [1.29, 1.82) is 0 Å². The third-order valence-electron chi connectivity index (χ3n) is 5.04. The molecule has 3 rings (SSSR count). The molecule has 0 aliphatic carbocycles. The van der Waals surface area contributed by atoms with E-state index in [-0.39, 0.29) is 23.2 Å². The van der Waals surface area contributed by atoms with Crippen LogP contribution in [0.1, 0.15) is 49.0 Å². The van der Waals surface area contributed by atoms with Crippen molar-refractivity contribution in [2.75, 3.05) is 15.4 Å². The fourth-order valence-corrected chi connectivity index (χ4v) is 5.37. The lowest BCUT2D eigenvalue weighted by atomic mass is 10.0. The number of aromatic carboxylic acids is 1. The maximum Gasteiger partial charge on any atom is 0.262 e. The fraction of sp³-hybridized carbons (Fsp3) is 0.304. The molecule has 1 amide bonds. The second-order valence-corrected chi connectivity index (χ2v) is 11.6. The van der Waals surface area contributed by atoms with Crippen LogP contribution in [0.2, 0.25) is 5.02 Å². The van der Waals surface area contributed by atoms with Crippen LogP contribution in [0.25, 0.3) is 0 Å². The van der Waals surface area contributed by atoms with Crippen molar-refractivity contribution in [1.82, 2.24) is 10.2 Å². The molecule has 36 heavy (non-hydrogen) atoms. The van der Waals surface area contributed by atoms with Crippen LogP contribution in [0.3, 0.4) is 0 Å². The maximum absolute atomic E-state index is 13.1. The first-order chi connectivity index (χ1) is 16.9. The summed E-state index contributed by atoms with van der Waals surface area (Å²) in [6.07, 6.45) is 0. The molecule has 0 fully saturated rings. The largest absolute Gasteiger partial charge is 0.545 e. The number of hydrogen-bond donors (Lipinski definition) is 3. The standard InChI is InChI=1S/C23H26ClN5O5S2/c1-12(2)19(20(30)26-23-28-27-21(35-23)13(3)4)25-16-6-5-7-17(18(16)22(31)32)36(33,34)29-15-10-8-14(24)9-11-15/h5-13,19,25,29H,1-4H3,(H,31,32)(H,26,28,30)/p-1. The summed E-state index contributed by atoms with van der Waals surface area (Å²) < 4.78 is 28.4. The van der Waals surface area contributed by atoms with E-state index in [1.165, 1.54) is 47.7 Å². The van der Waals surface area contributed by atoms with Crippen LogP contribution in [0.4, 0.5) is 16.5 Å². The predicted molar refractivity (Wildman–Crippen MR) is 138 cm³/mol. The fourth-order valence-electron chi connectivity index (χ4n) is 3.22. The summed E-state index contributed by atoms with van der Waals surface area (Å²) in [6, 6.07) is 8.84. The Morgan fingerprint density at radius 1 is 1.03 bits per heavy atom. The Hall–Kier alpha value is -3.22. The Bertz CT molecular complexity index is 1360. The molecule has 0 bridgehead atoms. The summed E-state index contributed by atoms with van der Waals surface area (Å²) in [5.41, 5.74) is -0.488. The molecule has 3 aromatic rings. The minimum absolute atomic E-state index is 0.0806. The van der Waals surface area contributed by atoms with E-state index >= 15 is 0 Å². The van der Waals surface area contributed by atoms with Crippen LogP contribution in [0, 0.1) is 5.92 Å². The molecule has 0 aliphatic rings. The molecule has 13 heteroatoms. The van der Waals surface area contributed by atoms with Crippen LogP contribution in [-0.4, -0.2) is 36.5 Å². The maximum atomic E-state index is 13.1. The van der Waals surface area contributed by atoms with Gasteiger partial charge in [-0.1, -0.05) is 56.7 Å². The van der Waals surface area contributed by atoms with Gasteiger partial charge in [0.25, 0.3) is 10.0 Å². The highest BCUT2D eigenvalue weighted by Crippen LogP contribution is 2.28. The average molecular weight is 551 g/mol. The zero-order valence-corrected chi connectivity index (χ0v) is 22.3. The summed E-state index contributed by atoms with van der Waals surface area (Å²) in [5.74, 6) is -2.36. The minimum atomic E-state index is -4.33. The number of rotatable bonds is 10. The van der Waals surface area contributed by atoms with E-state index in [4.69, 9.17) is 11.6 Å². The Kier molecular flexibility index (Phi) is 8.54. The van der Waals surface area contributed by atoms with E-state index in [0.717, 1.165) is 11.1 Å². The minimum Gasteiger partial charge on any atom is -0.545 e. The van der Waals surface area contributed by atoms with Crippen molar-refractivity contribution >= 4 is 61.3 Å². The molecule has 1 unspecified atom stereocenters. The van der Waals surface area contributed by atoms with Crippen LogP contribution in [0.15, 0.2) is 47.4 Å². The molecule has 0 aliphatic heterocycles. The molecule has 3 N–H and O–H groups in total. The first-order valence-corrected chi connectivity index (χ1v) is 13.6. The van der Waals surface area contributed by atoms with Crippen molar-refractivity contribution in [3.05, 3.63) is 58.1 Å². The molecule has 0 saturated heterocycles. The zero-order valence-electron chi connectivity index (χ0n) is 19.9. The average Bonchev–Trinajstić information content (AvgIpc) is 3.27. The first-order valence-electron chi connectivity index (χ1n) is 10.9. The van der Waals surface area contributed by atoms with Crippen molar-refractivity contribution in [3.63, 3.8) is 0 Å². The number of sulfonamides is 1. The second-order valence-electron chi connectivity index (χ2n) is 8.53. The highest BCUT2D eigenvalue weighted by atomic mass is 35.5. The molecule has 0 saturated carbocycles. The summed E-state index contributed by atoms with van der Waals surface area (Å²) in [6.45, 7) is 7.43. The van der Waals surface area contributed by atoms with Crippen molar-refractivity contribution in [2.45, 2.75) is 44.6 Å². The third kappa shape index (κ3) is 6.50. The second kappa shape index (κ2) is 11.2. The number of halogens is 1. The number of carbonyl (C=O) groups excluding carboxylic acids is 2. The lowest BCUT2D eigenvalue weighted by Crippen LogP contribution is -2.40. The molecular formula is C23H25ClN5O5S2-. The summed E-state index contributed by atoms with van der Waals surface area (Å²) >= 11 is 7.08. The number of anilines is 3. The van der Waals surface area contributed by atoms with Gasteiger partial charge >= 0.3 is 0 Å². The smallest absolute Gasteiger partial charge is 0.262 e. The van der Waals surface area contributed by atoms with E-state index in [9.17, 15) is 23.1 Å². The van der Waals surface area contributed by atoms with E-state index in [1.807, 2.05) is 13.8 Å². The SMILES string of the molecule is CC(C)c1nnc(NC(=O)C(Nc2cccc(S(=O)(=O)Nc3ccc(Cl)cc3)c2C(=O)[O-])C(C)C)s1. The normalized spacial score (nSPS) is 12.4. The number of aromatic nitrogens is 2. The Balaban J connectivity index is 1.92. The summed E-state index contributed by atoms with van der Waals surface area (Å²) in [7, 11) is -4.33. The summed E-state index contributed by atoms with van der Waals surface area (Å²) in [5, 5.41) is 27.1. The Morgan fingerprint density at radius 2 is 1.69 bits per heavy atom. The van der Waals surface area contributed by atoms with Crippen molar-refractivity contribution in [2.24, 2.45) is 5.92 Å². The number of nitrogens with one attached hydrogen (secondary N) is 3. The molecule has 2 aromatic carbocycles. The Morgan fingerprint density at radius 3 is 2.25 bits per heavy atom. The zero-order chi connectivity index (χ0) is 26.6. The number of benzene rings is 2. The number of amides is 1. The predicted octanol–water partition coefficient (Wildman–Crippen LogP) is 3.55. The van der Waals surface area contributed by atoms with Gasteiger partial charge in [0.1, 0.15) is 11.0 Å².